The molecule has 0 saturated carbocycles. The van der Waals surface area contributed by atoms with Crippen LogP contribution >= 0.6 is 0 Å². The molecule has 0 bridgehead atoms. The Morgan fingerprint density at radius 2 is 0.877 bits per heavy atom. The predicted molar refractivity (Wildman–Crippen MR) is 237 cm³/mol. The Hall–Kier alpha value is -7.62. The molecule has 0 atom stereocenters. The summed E-state index contributed by atoms with van der Waals surface area (Å²) >= 11 is 0. The highest BCUT2D eigenvalue weighted by Crippen LogP contribution is 2.48. The Labute approximate surface area is 329 Å². The monoisotopic (exact) mass is 726 g/mol. The van der Waals surface area contributed by atoms with Gasteiger partial charge in [-0.2, -0.15) is 0 Å². The molecule has 0 N–H and O–H groups in total. The zero-order chi connectivity index (χ0) is 37.5. The van der Waals surface area contributed by atoms with Crippen LogP contribution in [-0.2, 0) is 0 Å². The molecule has 57 heavy (non-hydrogen) atoms. The van der Waals surface area contributed by atoms with E-state index in [-0.39, 0.29) is 0 Å². The van der Waals surface area contributed by atoms with Gasteiger partial charge < -0.3 is 13.9 Å². The van der Waals surface area contributed by atoms with E-state index in [1.165, 1.54) is 82.6 Å². The first-order chi connectivity index (χ1) is 28.3. The SMILES string of the molecule is c1ccc(-c2ccc3c(c2)c2cc(-c4ccccc4)ccc2n3-c2cccc(-c3cccc(-c4ccc5c6c4c4ccccc4n6-c4ccccc4O5)c3)c2)cc1. The molecule has 11 aromatic rings. The molecule has 266 valence electrons. The molecule has 0 fully saturated rings. The van der Waals surface area contributed by atoms with Crippen LogP contribution < -0.4 is 4.74 Å². The van der Waals surface area contributed by atoms with Crippen LogP contribution in [0.4, 0.5) is 0 Å². The number of hydrogen-bond donors (Lipinski definition) is 0. The van der Waals surface area contributed by atoms with Crippen molar-refractivity contribution in [2.24, 2.45) is 0 Å². The Morgan fingerprint density at radius 3 is 1.61 bits per heavy atom. The fourth-order valence-corrected chi connectivity index (χ4v) is 9.10. The molecule has 3 heterocycles. The summed E-state index contributed by atoms with van der Waals surface area (Å²) in [5.41, 5.74) is 16.4. The molecule has 0 spiro atoms. The summed E-state index contributed by atoms with van der Waals surface area (Å²) < 4.78 is 11.3. The minimum absolute atomic E-state index is 0.874. The maximum Gasteiger partial charge on any atom is 0.152 e. The van der Waals surface area contributed by atoms with E-state index in [1.54, 1.807) is 0 Å². The van der Waals surface area contributed by atoms with E-state index < -0.39 is 0 Å². The highest BCUT2D eigenvalue weighted by Gasteiger charge is 2.25. The summed E-state index contributed by atoms with van der Waals surface area (Å²) in [5, 5.41) is 4.90. The van der Waals surface area contributed by atoms with Crippen molar-refractivity contribution in [3.8, 4) is 67.4 Å². The Kier molecular flexibility index (Phi) is 6.93. The molecule has 0 radical (unpaired) electrons. The second kappa shape index (κ2) is 12.5. The van der Waals surface area contributed by atoms with Gasteiger partial charge in [-0.15, -0.1) is 0 Å². The molecule has 3 heteroatoms. The largest absolute Gasteiger partial charge is 0.453 e. The zero-order valence-corrected chi connectivity index (χ0v) is 30.9. The molecule has 0 saturated heterocycles. The second-order valence-corrected chi connectivity index (χ2v) is 14.9. The second-order valence-electron chi connectivity index (χ2n) is 14.9. The summed E-state index contributed by atoms with van der Waals surface area (Å²) in [6.07, 6.45) is 0. The molecule has 1 aliphatic rings. The minimum atomic E-state index is 0.874. The van der Waals surface area contributed by atoms with Gasteiger partial charge in [0.1, 0.15) is 0 Å². The van der Waals surface area contributed by atoms with Crippen LogP contribution in [0.3, 0.4) is 0 Å². The first kappa shape index (κ1) is 31.7. The topological polar surface area (TPSA) is 19.1 Å². The van der Waals surface area contributed by atoms with Crippen LogP contribution in [0.25, 0.3) is 99.5 Å². The van der Waals surface area contributed by atoms with Crippen molar-refractivity contribution in [2.45, 2.75) is 0 Å². The standard InChI is InChI=1S/C54H34N2O/c1-3-13-35(14-4-1)39-25-28-48-45(33-39)46-34-40(36-15-5-2-6-16-36)26-29-49(46)55(48)42-20-12-18-38(32-42)37-17-11-19-41(31-37)43-27-30-52-54-53(43)44-21-7-8-22-47(44)56(54)50-23-9-10-24-51(50)57-52/h1-34H. The number of fused-ring (bicyclic) bond motifs is 8. The highest BCUT2D eigenvalue weighted by molar-refractivity contribution is 6.18. The van der Waals surface area contributed by atoms with Crippen molar-refractivity contribution in [2.75, 3.05) is 0 Å². The number of aromatic nitrogens is 2. The van der Waals surface area contributed by atoms with Crippen molar-refractivity contribution in [3.63, 3.8) is 0 Å². The number of ether oxygens (including phenoxy) is 1. The third-order valence-corrected chi connectivity index (χ3v) is 11.7. The molecule has 3 nitrogen and oxygen atoms in total. The summed E-state index contributed by atoms with van der Waals surface area (Å²) in [6.45, 7) is 0. The lowest BCUT2D eigenvalue weighted by Crippen LogP contribution is -2.03. The number of nitrogens with zero attached hydrogens (tertiary/aromatic N) is 2. The van der Waals surface area contributed by atoms with Crippen molar-refractivity contribution in [3.05, 3.63) is 206 Å². The number of para-hydroxylation sites is 3. The van der Waals surface area contributed by atoms with Crippen molar-refractivity contribution in [1.29, 1.82) is 0 Å². The van der Waals surface area contributed by atoms with Crippen LogP contribution in [0.5, 0.6) is 11.5 Å². The van der Waals surface area contributed by atoms with E-state index in [0.717, 1.165) is 28.4 Å². The summed E-state index contributed by atoms with van der Waals surface area (Å²) in [5.74, 6) is 1.75. The summed E-state index contributed by atoms with van der Waals surface area (Å²) in [6, 6.07) is 74.5. The van der Waals surface area contributed by atoms with Crippen LogP contribution in [0.1, 0.15) is 0 Å². The molecule has 12 rings (SSSR count). The van der Waals surface area contributed by atoms with Gasteiger partial charge >= 0.3 is 0 Å². The van der Waals surface area contributed by atoms with Gasteiger partial charge in [-0.05, 0) is 117 Å². The van der Waals surface area contributed by atoms with E-state index in [2.05, 4.69) is 203 Å². The van der Waals surface area contributed by atoms with Gasteiger partial charge in [0.05, 0.1) is 27.8 Å². The lowest BCUT2D eigenvalue weighted by molar-refractivity contribution is 0.476. The van der Waals surface area contributed by atoms with Crippen LogP contribution in [0, 0.1) is 0 Å². The quantitative estimate of drug-likeness (QED) is 0.173. The van der Waals surface area contributed by atoms with Gasteiger partial charge in [-0.25, -0.2) is 0 Å². The molecule has 0 unspecified atom stereocenters. The molecular formula is C54H34N2O. The number of benzene rings is 9. The predicted octanol–water partition coefficient (Wildman–Crippen LogP) is 14.7. The van der Waals surface area contributed by atoms with Crippen LogP contribution in [0.2, 0.25) is 0 Å². The van der Waals surface area contributed by atoms with E-state index in [0.29, 0.717) is 0 Å². The first-order valence-corrected chi connectivity index (χ1v) is 19.5. The maximum atomic E-state index is 6.51. The van der Waals surface area contributed by atoms with Crippen LogP contribution in [0.15, 0.2) is 206 Å². The van der Waals surface area contributed by atoms with Gasteiger partial charge in [-0.3, -0.25) is 0 Å². The molecule has 9 aromatic carbocycles. The summed E-state index contributed by atoms with van der Waals surface area (Å²) in [7, 11) is 0. The average molecular weight is 727 g/mol. The number of rotatable bonds is 5. The molecular weight excluding hydrogens is 693 g/mol. The molecule has 0 aliphatic carbocycles. The maximum absolute atomic E-state index is 6.51. The van der Waals surface area contributed by atoms with Crippen molar-refractivity contribution in [1.82, 2.24) is 9.13 Å². The van der Waals surface area contributed by atoms with Gasteiger partial charge in [0, 0.05) is 27.2 Å². The van der Waals surface area contributed by atoms with Gasteiger partial charge in [0.25, 0.3) is 0 Å². The van der Waals surface area contributed by atoms with Crippen molar-refractivity contribution < 1.29 is 4.74 Å². The fourth-order valence-electron chi connectivity index (χ4n) is 9.10. The van der Waals surface area contributed by atoms with Crippen molar-refractivity contribution >= 4 is 43.6 Å². The third kappa shape index (κ3) is 4.92. The minimum Gasteiger partial charge on any atom is -0.453 e. The number of hydrogen-bond acceptors (Lipinski definition) is 1. The van der Waals surface area contributed by atoms with E-state index in [4.69, 9.17) is 4.74 Å². The normalized spacial score (nSPS) is 12.0. The van der Waals surface area contributed by atoms with Gasteiger partial charge in [-0.1, -0.05) is 133 Å². The molecule has 1 aliphatic heterocycles. The smallest absolute Gasteiger partial charge is 0.152 e. The van der Waals surface area contributed by atoms with Gasteiger partial charge in [0.2, 0.25) is 0 Å². The van der Waals surface area contributed by atoms with Gasteiger partial charge in [0.15, 0.2) is 11.5 Å². The lowest BCUT2D eigenvalue weighted by atomic mass is 9.95. The Balaban J connectivity index is 1.01. The van der Waals surface area contributed by atoms with E-state index in [1.807, 2.05) is 12.1 Å². The Bertz CT molecular complexity index is 3270. The van der Waals surface area contributed by atoms with E-state index >= 15 is 0 Å². The zero-order valence-electron chi connectivity index (χ0n) is 30.9. The molecule has 2 aromatic heterocycles. The highest BCUT2D eigenvalue weighted by atomic mass is 16.5. The van der Waals surface area contributed by atoms with Crippen LogP contribution in [-0.4, -0.2) is 9.13 Å². The van der Waals surface area contributed by atoms with E-state index in [9.17, 15) is 0 Å². The fraction of sp³-hybridized carbons (Fsp3) is 0. The average Bonchev–Trinajstić information content (AvgIpc) is 3.81. The third-order valence-electron chi connectivity index (χ3n) is 11.7. The Morgan fingerprint density at radius 1 is 0.316 bits per heavy atom. The molecule has 0 amide bonds. The lowest BCUT2D eigenvalue weighted by Gasteiger charge is -2.21. The summed E-state index contributed by atoms with van der Waals surface area (Å²) in [4.78, 5) is 0. The first-order valence-electron chi connectivity index (χ1n) is 19.5.